The van der Waals surface area contributed by atoms with Crippen molar-refractivity contribution in [2.45, 2.75) is 19.8 Å². The molecule has 0 aliphatic carbocycles. The molecule has 0 fully saturated rings. The van der Waals surface area contributed by atoms with Crippen LogP contribution in [0.2, 0.25) is 0 Å². The molecular weight excluding hydrogens is 280 g/mol. The van der Waals surface area contributed by atoms with Gasteiger partial charge in [0.1, 0.15) is 11.5 Å². The van der Waals surface area contributed by atoms with Crippen molar-refractivity contribution < 1.29 is 20.1 Å². The summed E-state index contributed by atoms with van der Waals surface area (Å²) in [6, 6.07) is 9.68. The highest BCUT2D eigenvalue weighted by Crippen LogP contribution is 2.35. The van der Waals surface area contributed by atoms with Crippen molar-refractivity contribution in [3.63, 3.8) is 0 Å². The quantitative estimate of drug-likeness (QED) is 0.743. The highest BCUT2D eigenvalue weighted by molar-refractivity contribution is 5.88. The van der Waals surface area contributed by atoms with Crippen LogP contribution in [0.3, 0.4) is 0 Å². The maximum absolute atomic E-state index is 10.9. The van der Waals surface area contributed by atoms with Crippen molar-refractivity contribution in [3.8, 4) is 11.5 Å². The Morgan fingerprint density at radius 2 is 1.59 bits per heavy atom. The van der Waals surface area contributed by atoms with E-state index in [2.05, 4.69) is 0 Å². The lowest BCUT2D eigenvalue weighted by molar-refractivity contribution is 0.0697. The van der Waals surface area contributed by atoms with Crippen LogP contribution in [-0.4, -0.2) is 21.3 Å². The number of carboxylic acid groups (broad SMARTS) is 1. The minimum absolute atomic E-state index is 0.0188. The van der Waals surface area contributed by atoms with E-state index in [1.165, 1.54) is 6.07 Å². The van der Waals surface area contributed by atoms with E-state index in [1.54, 1.807) is 42.5 Å². The minimum atomic E-state index is -0.980. The highest BCUT2D eigenvalue weighted by atomic mass is 16.4. The molecule has 0 atom stereocenters. The number of carbonyl (C=O) groups is 1. The Kier molecular flexibility index (Phi) is 4.51. The molecule has 0 aliphatic heterocycles. The normalized spacial score (nSPS) is 11.2. The van der Waals surface area contributed by atoms with Crippen molar-refractivity contribution in [1.29, 1.82) is 0 Å². The second-order valence-electron chi connectivity index (χ2n) is 5.39. The zero-order valence-electron chi connectivity index (χ0n) is 12.4. The van der Waals surface area contributed by atoms with Crippen LogP contribution >= 0.6 is 0 Å². The van der Waals surface area contributed by atoms with Crippen molar-refractivity contribution in [2.24, 2.45) is 0 Å². The van der Waals surface area contributed by atoms with Gasteiger partial charge in [0.2, 0.25) is 0 Å². The zero-order valence-corrected chi connectivity index (χ0v) is 12.4. The first-order chi connectivity index (χ1) is 10.4. The van der Waals surface area contributed by atoms with Gasteiger partial charge >= 0.3 is 5.97 Å². The van der Waals surface area contributed by atoms with Gasteiger partial charge in [-0.1, -0.05) is 38.1 Å². The number of aromatic hydroxyl groups is 2. The van der Waals surface area contributed by atoms with E-state index in [4.69, 9.17) is 5.11 Å². The van der Waals surface area contributed by atoms with Gasteiger partial charge in [-0.15, -0.1) is 0 Å². The first-order valence-electron chi connectivity index (χ1n) is 6.96. The smallest absolute Gasteiger partial charge is 0.335 e. The molecule has 0 heterocycles. The summed E-state index contributed by atoms with van der Waals surface area (Å²) in [6.07, 6.45) is 3.44. The largest absolute Gasteiger partial charge is 0.507 e. The van der Waals surface area contributed by atoms with Gasteiger partial charge in [0.05, 0.1) is 5.56 Å². The fraction of sp³-hybridized carbons (Fsp3) is 0.167. The number of hydrogen-bond acceptors (Lipinski definition) is 3. The van der Waals surface area contributed by atoms with Crippen LogP contribution in [0.5, 0.6) is 11.5 Å². The molecule has 2 aromatic rings. The Hall–Kier alpha value is -2.75. The fourth-order valence-electron chi connectivity index (χ4n) is 2.30. The lowest BCUT2D eigenvalue weighted by Gasteiger charge is -2.11. The highest BCUT2D eigenvalue weighted by Gasteiger charge is 2.12. The lowest BCUT2D eigenvalue weighted by atomic mass is 9.98. The van der Waals surface area contributed by atoms with Crippen LogP contribution in [0.1, 0.15) is 46.8 Å². The Balaban J connectivity index is 2.31. The van der Waals surface area contributed by atoms with Crippen LogP contribution in [-0.2, 0) is 0 Å². The molecule has 0 unspecified atom stereocenters. The summed E-state index contributed by atoms with van der Waals surface area (Å²) >= 11 is 0. The maximum atomic E-state index is 10.9. The second-order valence-corrected chi connectivity index (χ2v) is 5.39. The summed E-state index contributed by atoms with van der Waals surface area (Å²) in [4.78, 5) is 10.9. The molecule has 0 amide bonds. The number of hydrogen-bond donors (Lipinski definition) is 3. The molecule has 22 heavy (non-hydrogen) atoms. The van der Waals surface area contributed by atoms with Crippen molar-refractivity contribution in [3.05, 3.63) is 58.7 Å². The van der Waals surface area contributed by atoms with Crippen molar-refractivity contribution >= 4 is 18.1 Å². The van der Waals surface area contributed by atoms with Crippen LogP contribution in [0.4, 0.5) is 0 Å². The van der Waals surface area contributed by atoms with Crippen molar-refractivity contribution in [1.82, 2.24) is 0 Å². The Morgan fingerprint density at radius 1 is 1.00 bits per heavy atom. The molecule has 2 aromatic carbocycles. The van der Waals surface area contributed by atoms with Gasteiger partial charge in [-0.25, -0.2) is 4.79 Å². The average molecular weight is 298 g/mol. The molecule has 4 heteroatoms. The van der Waals surface area contributed by atoms with Crippen LogP contribution < -0.4 is 0 Å². The predicted molar refractivity (Wildman–Crippen MR) is 86.2 cm³/mol. The molecule has 4 nitrogen and oxygen atoms in total. The molecule has 114 valence electrons. The van der Waals surface area contributed by atoms with Crippen LogP contribution in [0.25, 0.3) is 12.2 Å². The monoisotopic (exact) mass is 298 g/mol. The third kappa shape index (κ3) is 3.47. The molecule has 0 radical (unpaired) electrons. The van der Waals surface area contributed by atoms with Gasteiger partial charge in [0.25, 0.3) is 0 Å². The van der Waals surface area contributed by atoms with E-state index < -0.39 is 5.97 Å². The van der Waals surface area contributed by atoms with E-state index in [0.717, 1.165) is 5.56 Å². The first-order valence-corrected chi connectivity index (χ1v) is 6.96. The number of phenolic OH excluding ortho intramolecular Hbond substituents is 2. The molecule has 2 rings (SSSR count). The lowest BCUT2D eigenvalue weighted by Crippen LogP contribution is -1.95. The molecule has 0 spiro atoms. The second kappa shape index (κ2) is 6.35. The number of phenols is 2. The van der Waals surface area contributed by atoms with Gasteiger partial charge in [-0.3, -0.25) is 0 Å². The minimum Gasteiger partial charge on any atom is -0.507 e. The van der Waals surface area contributed by atoms with Gasteiger partial charge in [-0.05, 0) is 41.3 Å². The predicted octanol–water partition coefficient (Wildman–Crippen LogP) is 4.09. The Morgan fingerprint density at radius 3 is 2.14 bits per heavy atom. The summed E-state index contributed by atoms with van der Waals surface area (Å²) in [7, 11) is 0. The van der Waals surface area contributed by atoms with Gasteiger partial charge in [0.15, 0.2) is 0 Å². The number of aromatic carboxylic acids is 1. The van der Waals surface area contributed by atoms with Crippen molar-refractivity contribution in [2.75, 3.05) is 0 Å². The fourth-order valence-corrected chi connectivity index (χ4v) is 2.30. The zero-order chi connectivity index (χ0) is 16.3. The van der Waals surface area contributed by atoms with Gasteiger partial charge in [0, 0.05) is 5.56 Å². The standard InChI is InChI=1S/C18H18O4/c1-11(2)17-15(19)9-13(10-16(17)20)7-6-12-4-3-5-14(8-12)18(21)22/h3-11,19-20H,1-2H3,(H,21,22). The third-order valence-corrected chi connectivity index (χ3v) is 3.34. The van der Waals surface area contributed by atoms with E-state index in [-0.39, 0.29) is 23.0 Å². The molecule has 0 saturated heterocycles. The number of rotatable bonds is 4. The first kappa shape index (κ1) is 15.6. The van der Waals surface area contributed by atoms with Crippen LogP contribution in [0.15, 0.2) is 36.4 Å². The van der Waals surface area contributed by atoms with E-state index in [0.29, 0.717) is 11.1 Å². The SMILES string of the molecule is CC(C)c1c(O)cc(C=Cc2cccc(C(=O)O)c2)cc1O. The summed E-state index contributed by atoms with van der Waals surface area (Å²) in [5.74, 6) is -0.861. The van der Waals surface area contributed by atoms with E-state index >= 15 is 0 Å². The third-order valence-electron chi connectivity index (χ3n) is 3.34. The summed E-state index contributed by atoms with van der Waals surface area (Å²) in [5, 5.41) is 28.9. The molecule has 0 aliphatic rings. The summed E-state index contributed by atoms with van der Waals surface area (Å²) in [6.45, 7) is 3.78. The summed E-state index contributed by atoms with van der Waals surface area (Å²) < 4.78 is 0. The van der Waals surface area contributed by atoms with Gasteiger partial charge < -0.3 is 15.3 Å². The molecule has 0 bridgehead atoms. The topological polar surface area (TPSA) is 77.8 Å². The molecule has 0 saturated carbocycles. The number of benzene rings is 2. The molecule has 3 N–H and O–H groups in total. The van der Waals surface area contributed by atoms with E-state index in [1.807, 2.05) is 13.8 Å². The Bertz CT molecular complexity index is 707. The van der Waals surface area contributed by atoms with Gasteiger partial charge in [-0.2, -0.15) is 0 Å². The molecular formula is C18H18O4. The maximum Gasteiger partial charge on any atom is 0.335 e. The number of carboxylic acids is 1. The Labute approximate surface area is 129 Å². The summed E-state index contributed by atoms with van der Waals surface area (Å²) in [5.41, 5.74) is 2.10. The van der Waals surface area contributed by atoms with E-state index in [9.17, 15) is 15.0 Å². The van der Waals surface area contributed by atoms with Crippen LogP contribution in [0, 0.1) is 0 Å². The average Bonchev–Trinajstić information content (AvgIpc) is 2.44. The molecule has 0 aromatic heterocycles.